The summed E-state index contributed by atoms with van der Waals surface area (Å²) < 4.78 is 33.2. The normalized spacial score (nSPS) is 16.2. The number of hydrogen-bond donors (Lipinski definition) is 0. The lowest BCUT2D eigenvalue weighted by Gasteiger charge is -2.37. The number of ether oxygens (including phenoxy) is 1. The first-order valence-electron chi connectivity index (χ1n) is 7.30. The number of aromatic nitrogens is 1. The van der Waals surface area contributed by atoms with E-state index in [2.05, 4.69) is 4.98 Å². The van der Waals surface area contributed by atoms with Gasteiger partial charge in [-0.05, 0) is 30.3 Å². The molecule has 1 saturated heterocycles. The van der Waals surface area contributed by atoms with Gasteiger partial charge >= 0.3 is 0 Å². The Morgan fingerprint density at radius 3 is 2.71 bits per heavy atom. The lowest BCUT2D eigenvalue weighted by Crippen LogP contribution is -2.55. The van der Waals surface area contributed by atoms with Crippen LogP contribution in [-0.4, -0.2) is 36.9 Å². The first-order chi connectivity index (χ1) is 11.5. The zero-order valence-corrected chi connectivity index (χ0v) is 14.8. The Labute approximate surface area is 148 Å². The van der Waals surface area contributed by atoms with Gasteiger partial charge in [-0.25, -0.2) is 13.4 Å². The monoisotopic (exact) mass is 380 g/mol. The molecule has 8 heteroatoms. The minimum atomic E-state index is -3.52. The minimum absolute atomic E-state index is 0.181. The largest absolute Gasteiger partial charge is 0.464 e. The molecule has 0 radical (unpaired) electrons. The first kappa shape index (κ1) is 15.8. The van der Waals surface area contributed by atoms with Crippen molar-refractivity contribution >= 4 is 43.2 Å². The van der Waals surface area contributed by atoms with Gasteiger partial charge in [0.05, 0.1) is 28.2 Å². The molecule has 24 heavy (non-hydrogen) atoms. The summed E-state index contributed by atoms with van der Waals surface area (Å²) in [4.78, 5) is 4.60. The van der Waals surface area contributed by atoms with Gasteiger partial charge in [0, 0.05) is 5.02 Å². The molecule has 1 aromatic heterocycles. The molecule has 1 fully saturated rings. The summed E-state index contributed by atoms with van der Waals surface area (Å²) in [7, 11) is -3.52. The predicted molar refractivity (Wildman–Crippen MR) is 94.2 cm³/mol. The number of fused-ring (bicyclic) bond motifs is 1. The van der Waals surface area contributed by atoms with Gasteiger partial charge in [0.15, 0.2) is 0 Å². The molecule has 0 spiro atoms. The molecule has 5 nitrogen and oxygen atoms in total. The van der Waals surface area contributed by atoms with E-state index in [0.717, 1.165) is 10.2 Å². The summed E-state index contributed by atoms with van der Waals surface area (Å²) in [6.07, 6.45) is -0.181. The standard InChI is InChI=1S/C16H13ClN2O3S2/c17-11-4-3-5-13(8-11)24(20,21)19-9-12(10-19)22-16-18-14-6-1-2-7-15(14)23-16/h1-8,12H,9-10H2. The van der Waals surface area contributed by atoms with Crippen LogP contribution in [0.15, 0.2) is 53.4 Å². The molecule has 0 N–H and O–H groups in total. The van der Waals surface area contributed by atoms with Crippen LogP contribution in [0, 0.1) is 0 Å². The maximum absolute atomic E-state index is 12.5. The number of halogens is 1. The minimum Gasteiger partial charge on any atom is -0.464 e. The molecule has 0 atom stereocenters. The van der Waals surface area contributed by atoms with E-state index in [0.29, 0.717) is 23.3 Å². The van der Waals surface area contributed by atoms with Crippen LogP contribution in [0.3, 0.4) is 0 Å². The Bertz CT molecular complexity index is 964. The molecular weight excluding hydrogens is 368 g/mol. The zero-order valence-electron chi connectivity index (χ0n) is 12.4. The van der Waals surface area contributed by atoms with Gasteiger partial charge in [-0.3, -0.25) is 0 Å². The second-order valence-corrected chi connectivity index (χ2v) is 8.83. The highest BCUT2D eigenvalue weighted by Crippen LogP contribution is 2.31. The highest BCUT2D eigenvalue weighted by Gasteiger charge is 2.38. The predicted octanol–water partition coefficient (Wildman–Crippen LogP) is 3.40. The first-order valence-corrected chi connectivity index (χ1v) is 9.94. The van der Waals surface area contributed by atoms with E-state index >= 15 is 0 Å². The Morgan fingerprint density at radius 2 is 1.96 bits per heavy atom. The number of sulfonamides is 1. The van der Waals surface area contributed by atoms with Crippen LogP contribution >= 0.6 is 22.9 Å². The molecule has 0 aliphatic carbocycles. The Kier molecular flexibility index (Phi) is 3.96. The van der Waals surface area contributed by atoms with Crippen molar-refractivity contribution in [3.8, 4) is 5.19 Å². The molecule has 2 heterocycles. The molecule has 2 aromatic carbocycles. The third-order valence-corrected chi connectivity index (χ3v) is 6.78. The summed E-state index contributed by atoms with van der Waals surface area (Å²) in [6.45, 7) is 0.621. The molecule has 3 aromatic rings. The van der Waals surface area contributed by atoms with Gasteiger partial charge in [-0.2, -0.15) is 4.31 Å². The molecule has 124 valence electrons. The van der Waals surface area contributed by atoms with E-state index in [1.54, 1.807) is 18.2 Å². The van der Waals surface area contributed by atoms with E-state index in [-0.39, 0.29) is 11.0 Å². The smallest absolute Gasteiger partial charge is 0.274 e. The number of thiazole rings is 1. The van der Waals surface area contributed by atoms with Crippen molar-refractivity contribution < 1.29 is 13.2 Å². The molecule has 1 aliphatic rings. The van der Waals surface area contributed by atoms with Crippen molar-refractivity contribution in [2.45, 2.75) is 11.0 Å². The van der Waals surface area contributed by atoms with Gasteiger partial charge in [-0.15, -0.1) is 0 Å². The van der Waals surface area contributed by atoms with Gasteiger partial charge in [0.25, 0.3) is 5.19 Å². The van der Waals surface area contributed by atoms with Crippen LogP contribution in [0.5, 0.6) is 5.19 Å². The average Bonchev–Trinajstić information content (AvgIpc) is 2.93. The van der Waals surface area contributed by atoms with E-state index in [1.807, 2.05) is 24.3 Å². The fraction of sp³-hybridized carbons (Fsp3) is 0.188. The lowest BCUT2D eigenvalue weighted by atomic mass is 10.2. The van der Waals surface area contributed by atoms with Crippen LogP contribution < -0.4 is 4.74 Å². The van der Waals surface area contributed by atoms with Gasteiger partial charge in [0.2, 0.25) is 10.0 Å². The molecule has 0 amide bonds. The van der Waals surface area contributed by atoms with Crippen molar-refractivity contribution in [2.24, 2.45) is 0 Å². The average molecular weight is 381 g/mol. The second kappa shape index (κ2) is 6.00. The zero-order chi connectivity index (χ0) is 16.7. The van der Waals surface area contributed by atoms with E-state index in [4.69, 9.17) is 16.3 Å². The SMILES string of the molecule is O=S(=O)(c1cccc(Cl)c1)N1CC(Oc2nc3ccccc3s2)C1. The molecule has 0 unspecified atom stereocenters. The maximum Gasteiger partial charge on any atom is 0.274 e. The van der Waals surface area contributed by atoms with Crippen molar-refractivity contribution in [3.63, 3.8) is 0 Å². The molecule has 0 bridgehead atoms. The number of para-hydroxylation sites is 1. The van der Waals surface area contributed by atoms with E-state index < -0.39 is 10.0 Å². The van der Waals surface area contributed by atoms with Crippen molar-refractivity contribution in [3.05, 3.63) is 53.6 Å². The fourth-order valence-corrected chi connectivity index (χ4v) is 5.18. The van der Waals surface area contributed by atoms with Crippen molar-refractivity contribution in [1.29, 1.82) is 0 Å². The van der Waals surface area contributed by atoms with E-state index in [1.165, 1.54) is 21.7 Å². The van der Waals surface area contributed by atoms with Gasteiger partial charge in [-0.1, -0.05) is 41.1 Å². The van der Waals surface area contributed by atoms with Crippen molar-refractivity contribution in [2.75, 3.05) is 13.1 Å². The quantitative estimate of drug-likeness (QED) is 0.696. The topological polar surface area (TPSA) is 59.5 Å². The molecule has 1 aliphatic heterocycles. The third-order valence-electron chi connectivity index (χ3n) is 3.79. The second-order valence-electron chi connectivity index (χ2n) is 5.47. The van der Waals surface area contributed by atoms with Gasteiger partial charge in [0.1, 0.15) is 6.10 Å². The summed E-state index contributed by atoms with van der Waals surface area (Å²) in [5, 5.41) is 0.972. The highest BCUT2D eigenvalue weighted by molar-refractivity contribution is 7.89. The summed E-state index contributed by atoms with van der Waals surface area (Å²) in [5.74, 6) is 0. The van der Waals surface area contributed by atoms with Crippen LogP contribution in [0.2, 0.25) is 5.02 Å². The number of hydrogen-bond acceptors (Lipinski definition) is 5. The van der Waals surface area contributed by atoms with Crippen LogP contribution in [0.1, 0.15) is 0 Å². The van der Waals surface area contributed by atoms with Crippen LogP contribution in [-0.2, 0) is 10.0 Å². The third kappa shape index (κ3) is 2.88. The summed E-state index contributed by atoms with van der Waals surface area (Å²) in [6, 6.07) is 14.1. The fourth-order valence-electron chi connectivity index (χ4n) is 2.49. The summed E-state index contributed by atoms with van der Waals surface area (Å²) in [5.41, 5.74) is 0.889. The molecule has 0 saturated carbocycles. The summed E-state index contributed by atoms with van der Waals surface area (Å²) >= 11 is 7.34. The molecular formula is C16H13ClN2O3S2. The number of benzene rings is 2. The van der Waals surface area contributed by atoms with Gasteiger partial charge < -0.3 is 4.74 Å². The van der Waals surface area contributed by atoms with Crippen LogP contribution in [0.25, 0.3) is 10.2 Å². The van der Waals surface area contributed by atoms with Crippen LogP contribution in [0.4, 0.5) is 0 Å². The Hall–Kier alpha value is -1.67. The Balaban J connectivity index is 1.44. The molecule has 4 rings (SSSR count). The maximum atomic E-state index is 12.5. The van der Waals surface area contributed by atoms with Crippen molar-refractivity contribution in [1.82, 2.24) is 9.29 Å². The highest BCUT2D eigenvalue weighted by atomic mass is 35.5. The lowest BCUT2D eigenvalue weighted by molar-refractivity contribution is 0.0761. The van der Waals surface area contributed by atoms with E-state index in [9.17, 15) is 8.42 Å². The Morgan fingerprint density at radius 1 is 1.17 bits per heavy atom. The number of nitrogens with zero attached hydrogens (tertiary/aromatic N) is 2. The number of rotatable bonds is 4.